The van der Waals surface area contributed by atoms with Gasteiger partial charge in [-0.05, 0) is 31.1 Å². The van der Waals surface area contributed by atoms with E-state index < -0.39 is 11.4 Å². The first kappa shape index (κ1) is 15.4. The minimum Gasteiger partial charge on any atom is -0.379 e. The maximum Gasteiger partial charge on any atom is 0.240 e. The van der Waals surface area contributed by atoms with E-state index >= 15 is 0 Å². The van der Waals surface area contributed by atoms with Crippen LogP contribution < -0.4 is 11.5 Å². The van der Waals surface area contributed by atoms with Crippen molar-refractivity contribution < 1.29 is 9.53 Å². The Morgan fingerprint density at radius 1 is 1.44 bits per heavy atom. The number of primary amides is 1. The summed E-state index contributed by atoms with van der Waals surface area (Å²) in [6, 6.07) is 0. The van der Waals surface area contributed by atoms with Crippen LogP contribution in [0.5, 0.6) is 0 Å². The van der Waals surface area contributed by atoms with Gasteiger partial charge in [-0.1, -0.05) is 33.1 Å². The number of carbonyl (C=O) groups excluding carboxylic acids is 1. The molecule has 0 saturated heterocycles. The topological polar surface area (TPSA) is 78.3 Å². The van der Waals surface area contributed by atoms with Gasteiger partial charge in [0.15, 0.2) is 0 Å². The lowest BCUT2D eigenvalue weighted by molar-refractivity contribution is -0.126. The van der Waals surface area contributed by atoms with Crippen LogP contribution in [0.2, 0.25) is 0 Å². The second-order valence-corrected chi connectivity index (χ2v) is 5.61. The van der Waals surface area contributed by atoms with E-state index in [1.165, 1.54) is 19.3 Å². The first-order valence-corrected chi connectivity index (χ1v) is 7.21. The lowest BCUT2D eigenvalue weighted by Crippen LogP contribution is -2.57. The van der Waals surface area contributed by atoms with Crippen molar-refractivity contribution in [3.8, 4) is 0 Å². The lowest BCUT2D eigenvalue weighted by atomic mass is 9.94. The predicted molar refractivity (Wildman–Crippen MR) is 73.0 cm³/mol. The summed E-state index contributed by atoms with van der Waals surface area (Å²) >= 11 is 0. The van der Waals surface area contributed by atoms with E-state index in [-0.39, 0.29) is 12.5 Å². The fourth-order valence-electron chi connectivity index (χ4n) is 2.28. The van der Waals surface area contributed by atoms with Gasteiger partial charge in [0.05, 0.1) is 6.61 Å². The first-order chi connectivity index (χ1) is 8.54. The Labute approximate surface area is 110 Å². The number of rotatable bonds is 10. The van der Waals surface area contributed by atoms with Crippen LogP contribution in [0.4, 0.5) is 0 Å². The van der Waals surface area contributed by atoms with Gasteiger partial charge in [-0.3, -0.25) is 4.79 Å². The third-order valence-corrected chi connectivity index (χ3v) is 4.00. The third kappa shape index (κ3) is 4.25. The van der Waals surface area contributed by atoms with E-state index in [1.807, 2.05) is 0 Å². The first-order valence-electron chi connectivity index (χ1n) is 7.21. The van der Waals surface area contributed by atoms with Crippen molar-refractivity contribution in [3.05, 3.63) is 0 Å². The molecule has 4 N–H and O–H groups in total. The molecule has 4 heteroatoms. The maximum absolute atomic E-state index is 11.4. The Hall–Kier alpha value is -0.610. The van der Waals surface area contributed by atoms with Crippen LogP contribution in [0.25, 0.3) is 0 Å². The molecule has 0 heterocycles. The third-order valence-electron chi connectivity index (χ3n) is 4.00. The number of hydrogen-bond donors (Lipinski definition) is 2. The molecule has 1 rings (SSSR count). The molecule has 0 bridgehead atoms. The zero-order valence-electron chi connectivity index (χ0n) is 11.8. The van der Waals surface area contributed by atoms with E-state index in [9.17, 15) is 4.79 Å². The molecular formula is C14H28N2O2. The average molecular weight is 256 g/mol. The number of ether oxygens (including phenoxy) is 1. The van der Waals surface area contributed by atoms with Crippen molar-refractivity contribution >= 4 is 5.91 Å². The zero-order chi connectivity index (χ0) is 13.6. The molecule has 0 aromatic heterocycles. The largest absolute Gasteiger partial charge is 0.379 e. The van der Waals surface area contributed by atoms with Crippen molar-refractivity contribution in [2.75, 3.05) is 13.2 Å². The molecule has 0 aromatic rings. The second-order valence-electron chi connectivity index (χ2n) is 5.61. The molecule has 0 spiro atoms. The molecule has 1 fully saturated rings. The van der Waals surface area contributed by atoms with Crippen molar-refractivity contribution in [2.24, 2.45) is 23.3 Å². The van der Waals surface area contributed by atoms with Crippen molar-refractivity contribution in [1.82, 2.24) is 0 Å². The van der Waals surface area contributed by atoms with Gasteiger partial charge < -0.3 is 16.2 Å². The molecule has 1 amide bonds. The van der Waals surface area contributed by atoms with Crippen molar-refractivity contribution in [3.63, 3.8) is 0 Å². The molecule has 2 unspecified atom stereocenters. The number of hydrogen-bond acceptors (Lipinski definition) is 3. The molecule has 106 valence electrons. The van der Waals surface area contributed by atoms with Gasteiger partial charge in [0.1, 0.15) is 5.54 Å². The Balaban J connectivity index is 2.31. The van der Waals surface area contributed by atoms with Crippen molar-refractivity contribution in [1.29, 1.82) is 0 Å². The van der Waals surface area contributed by atoms with Crippen LogP contribution in [0, 0.1) is 11.8 Å². The summed E-state index contributed by atoms with van der Waals surface area (Å²) in [5.41, 5.74) is 10.5. The van der Waals surface area contributed by atoms with Gasteiger partial charge in [0.2, 0.25) is 5.91 Å². The van der Waals surface area contributed by atoms with Crippen LogP contribution in [-0.2, 0) is 9.53 Å². The summed E-state index contributed by atoms with van der Waals surface area (Å²) in [4.78, 5) is 11.4. The number of carbonyl (C=O) groups is 1. The maximum atomic E-state index is 11.4. The van der Waals surface area contributed by atoms with Crippen LogP contribution in [0.3, 0.4) is 0 Å². The minimum absolute atomic E-state index is 0.228. The molecule has 18 heavy (non-hydrogen) atoms. The van der Waals surface area contributed by atoms with Gasteiger partial charge in [0, 0.05) is 6.61 Å². The zero-order valence-corrected chi connectivity index (χ0v) is 11.8. The molecule has 4 nitrogen and oxygen atoms in total. The average Bonchev–Trinajstić information content (AvgIpc) is 3.17. The number of nitrogens with two attached hydrogens (primary N) is 2. The Morgan fingerprint density at radius 2 is 2.11 bits per heavy atom. The smallest absolute Gasteiger partial charge is 0.240 e. The highest BCUT2D eigenvalue weighted by Crippen LogP contribution is 2.38. The monoisotopic (exact) mass is 256 g/mol. The van der Waals surface area contributed by atoms with Crippen LogP contribution in [0.15, 0.2) is 0 Å². The van der Waals surface area contributed by atoms with Crippen molar-refractivity contribution in [2.45, 2.75) is 57.9 Å². The van der Waals surface area contributed by atoms with E-state index in [2.05, 4.69) is 13.8 Å². The van der Waals surface area contributed by atoms with Gasteiger partial charge in [-0.25, -0.2) is 0 Å². The quantitative estimate of drug-likeness (QED) is 0.625. The summed E-state index contributed by atoms with van der Waals surface area (Å²) in [5.74, 6) is 0.374. The minimum atomic E-state index is -0.941. The van der Waals surface area contributed by atoms with Crippen LogP contribution in [0.1, 0.15) is 52.4 Å². The standard InChI is InChI=1S/C14H28N2O2/c1-3-5-6-11(4-2)9-18-10-14(16,13(15)17)12-7-8-12/h11-12H,3-10,16H2,1-2H3,(H2,15,17). The molecule has 1 aliphatic rings. The summed E-state index contributed by atoms with van der Waals surface area (Å²) in [5, 5.41) is 0. The fraction of sp³-hybridized carbons (Fsp3) is 0.929. The van der Waals surface area contributed by atoms with Crippen LogP contribution >= 0.6 is 0 Å². The molecule has 1 aliphatic carbocycles. The summed E-state index contributed by atoms with van der Waals surface area (Å²) in [6.07, 6.45) is 6.72. The van der Waals surface area contributed by atoms with E-state index in [0.29, 0.717) is 12.5 Å². The molecule has 1 saturated carbocycles. The molecule has 0 aromatic carbocycles. The predicted octanol–water partition coefficient (Wildman–Crippen LogP) is 1.81. The van der Waals surface area contributed by atoms with Crippen LogP contribution in [-0.4, -0.2) is 24.7 Å². The normalized spacial score (nSPS) is 20.4. The Bertz CT molecular complexity index is 267. The Kier molecular flexibility index (Phi) is 6.09. The molecular weight excluding hydrogens is 228 g/mol. The highest BCUT2D eigenvalue weighted by atomic mass is 16.5. The van der Waals surface area contributed by atoms with Gasteiger partial charge in [0.25, 0.3) is 0 Å². The second kappa shape index (κ2) is 7.10. The SMILES string of the molecule is CCCCC(CC)COCC(N)(C(N)=O)C1CC1. The molecule has 2 atom stereocenters. The summed E-state index contributed by atoms with van der Waals surface area (Å²) in [7, 11) is 0. The number of unbranched alkanes of at least 4 members (excludes halogenated alkanes) is 1. The Morgan fingerprint density at radius 3 is 2.56 bits per heavy atom. The molecule has 0 radical (unpaired) electrons. The van der Waals surface area contributed by atoms with E-state index in [1.54, 1.807) is 0 Å². The lowest BCUT2D eigenvalue weighted by Gasteiger charge is -2.26. The number of amides is 1. The fourth-order valence-corrected chi connectivity index (χ4v) is 2.28. The van der Waals surface area contributed by atoms with Gasteiger partial charge >= 0.3 is 0 Å². The highest BCUT2D eigenvalue weighted by Gasteiger charge is 2.47. The molecule has 0 aliphatic heterocycles. The van der Waals surface area contributed by atoms with Gasteiger partial charge in [-0.2, -0.15) is 0 Å². The van der Waals surface area contributed by atoms with E-state index in [4.69, 9.17) is 16.2 Å². The summed E-state index contributed by atoms with van der Waals surface area (Å²) in [6.45, 7) is 5.33. The van der Waals surface area contributed by atoms with Gasteiger partial charge in [-0.15, -0.1) is 0 Å². The van der Waals surface area contributed by atoms with E-state index in [0.717, 1.165) is 19.3 Å². The summed E-state index contributed by atoms with van der Waals surface area (Å²) < 4.78 is 5.69. The highest BCUT2D eigenvalue weighted by molar-refractivity contribution is 5.85.